The highest BCUT2D eigenvalue weighted by atomic mass is 19.1. The molecule has 1 N–H and O–H groups in total. The van der Waals surface area contributed by atoms with Crippen LogP contribution in [0.2, 0.25) is 0 Å². The predicted molar refractivity (Wildman–Crippen MR) is 61.8 cm³/mol. The Balaban J connectivity index is 1.89. The molecule has 1 aromatic rings. The maximum Gasteiger partial charge on any atom is 0.118 e. The summed E-state index contributed by atoms with van der Waals surface area (Å²) in [7, 11) is 0. The topological polar surface area (TPSA) is 23.5 Å². The van der Waals surface area contributed by atoms with Crippen LogP contribution in [-0.4, -0.2) is 35.9 Å². The number of piperidine rings is 1. The molecule has 1 saturated heterocycles. The van der Waals surface area contributed by atoms with Crippen LogP contribution in [-0.2, 0) is 6.54 Å². The molecule has 0 saturated carbocycles. The average molecular weight is 223 g/mol. The van der Waals surface area contributed by atoms with Gasteiger partial charge in [0.15, 0.2) is 0 Å². The average Bonchev–Trinajstić information content (AvgIpc) is 2.31. The molecule has 1 aromatic carbocycles. The Kier molecular flexibility index (Phi) is 3.91. The van der Waals surface area contributed by atoms with E-state index in [-0.39, 0.29) is 12.5 Å². The number of rotatable bonds is 3. The smallest absolute Gasteiger partial charge is 0.118 e. The van der Waals surface area contributed by atoms with E-state index < -0.39 is 6.17 Å². The normalized spacial score (nSPS) is 26.9. The molecule has 2 nitrogen and oxygen atoms in total. The second-order valence-electron chi connectivity index (χ2n) is 4.47. The number of aliphatic hydroxyl groups is 1. The van der Waals surface area contributed by atoms with E-state index in [9.17, 15) is 4.39 Å². The number of nitrogens with zero attached hydrogens (tertiary/aromatic N) is 1. The monoisotopic (exact) mass is 223 g/mol. The molecule has 88 valence electrons. The lowest BCUT2D eigenvalue weighted by Gasteiger charge is -2.33. The maximum absolute atomic E-state index is 13.6. The second kappa shape index (κ2) is 5.41. The molecule has 16 heavy (non-hydrogen) atoms. The Morgan fingerprint density at radius 1 is 1.31 bits per heavy atom. The van der Waals surface area contributed by atoms with E-state index in [0.29, 0.717) is 6.54 Å². The zero-order chi connectivity index (χ0) is 11.4. The summed E-state index contributed by atoms with van der Waals surface area (Å²) >= 11 is 0. The van der Waals surface area contributed by atoms with Gasteiger partial charge in [0.2, 0.25) is 0 Å². The third-order valence-electron chi connectivity index (χ3n) is 3.24. The van der Waals surface area contributed by atoms with E-state index >= 15 is 0 Å². The molecule has 0 amide bonds. The summed E-state index contributed by atoms with van der Waals surface area (Å²) in [6.07, 6.45) is -0.132. The summed E-state index contributed by atoms with van der Waals surface area (Å²) in [6.45, 7) is 2.10. The Morgan fingerprint density at radius 2 is 2.06 bits per heavy atom. The standard InChI is InChI=1S/C13H18FNO/c14-13-9-15(7-6-12(13)10-16)8-11-4-2-1-3-5-11/h1-5,12-13,16H,6-10H2/t12-,13+/m1/s1. The van der Waals surface area contributed by atoms with Gasteiger partial charge in [0.05, 0.1) is 0 Å². The first-order valence-corrected chi connectivity index (χ1v) is 5.81. The fourth-order valence-electron chi connectivity index (χ4n) is 2.21. The van der Waals surface area contributed by atoms with Crippen LogP contribution in [0.3, 0.4) is 0 Å². The highest BCUT2D eigenvalue weighted by Gasteiger charge is 2.28. The van der Waals surface area contributed by atoms with E-state index in [2.05, 4.69) is 17.0 Å². The summed E-state index contributed by atoms with van der Waals surface area (Å²) in [6, 6.07) is 10.1. The van der Waals surface area contributed by atoms with Gasteiger partial charge in [-0.05, 0) is 18.5 Å². The number of halogens is 1. The first-order chi connectivity index (χ1) is 7.79. The van der Waals surface area contributed by atoms with E-state index in [0.717, 1.165) is 19.5 Å². The maximum atomic E-state index is 13.6. The molecule has 1 aliphatic rings. The highest BCUT2D eigenvalue weighted by molar-refractivity contribution is 5.14. The van der Waals surface area contributed by atoms with Gasteiger partial charge < -0.3 is 5.11 Å². The zero-order valence-electron chi connectivity index (χ0n) is 9.35. The molecule has 0 radical (unpaired) electrons. The summed E-state index contributed by atoms with van der Waals surface area (Å²) in [5.41, 5.74) is 1.22. The quantitative estimate of drug-likeness (QED) is 0.845. The van der Waals surface area contributed by atoms with E-state index in [4.69, 9.17) is 5.11 Å². The Bertz CT molecular complexity index is 317. The van der Waals surface area contributed by atoms with Crippen molar-refractivity contribution in [1.29, 1.82) is 0 Å². The van der Waals surface area contributed by atoms with Crippen LogP contribution in [0, 0.1) is 5.92 Å². The molecule has 1 fully saturated rings. The van der Waals surface area contributed by atoms with Gasteiger partial charge >= 0.3 is 0 Å². The molecule has 2 rings (SSSR count). The number of hydrogen-bond acceptors (Lipinski definition) is 2. The fourth-order valence-corrected chi connectivity index (χ4v) is 2.21. The largest absolute Gasteiger partial charge is 0.396 e. The molecule has 1 aliphatic heterocycles. The lowest BCUT2D eigenvalue weighted by molar-refractivity contribution is 0.0471. The number of alkyl halides is 1. The van der Waals surface area contributed by atoms with Crippen molar-refractivity contribution in [1.82, 2.24) is 4.90 Å². The van der Waals surface area contributed by atoms with Crippen LogP contribution < -0.4 is 0 Å². The fraction of sp³-hybridized carbons (Fsp3) is 0.538. The molecule has 0 aromatic heterocycles. The van der Waals surface area contributed by atoms with Gasteiger partial charge in [-0.25, -0.2) is 4.39 Å². The van der Waals surface area contributed by atoms with E-state index in [1.807, 2.05) is 18.2 Å². The molecule has 1 heterocycles. The van der Waals surface area contributed by atoms with Gasteiger partial charge in [-0.2, -0.15) is 0 Å². The van der Waals surface area contributed by atoms with Gasteiger partial charge in [-0.1, -0.05) is 30.3 Å². The van der Waals surface area contributed by atoms with Crippen LogP contribution >= 0.6 is 0 Å². The molecule has 0 bridgehead atoms. The minimum absolute atomic E-state index is 0.0274. The van der Waals surface area contributed by atoms with Gasteiger partial charge in [0, 0.05) is 25.6 Å². The van der Waals surface area contributed by atoms with Gasteiger partial charge in [-0.15, -0.1) is 0 Å². The molecular formula is C13H18FNO. The Labute approximate surface area is 95.7 Å². The zero-order valence-corrected chi connectivity index (χ0v) is 9.35. The molecule has 2 atom stereocenters. The second-order valence-corrected chi connectivity index (χ2v) is 4.47. The SMILES string of the molecule is OC[C@H]1CCN(Cc2ccccc2)C[C@@H]1F. The van der Waals surface area contributed by atoms with E-state index in [1.54, 1.807) is 0 Å². The Morgan fingerprint density at radius 3 is 2.69 bits per heavy atom. The van der Waals surface area contributed by atoms with Crippen molar-refractivity contribution >= 4 is 0 Å². The minimum Gasteiger partial charge on any atom is -0.396 e. The van der Waals surface area contributed by atoms with Crippen LogP contribution in [0.1, 0.15) is 12.0 Å². The van der Waals surface area contributed by atoms with Crippen LogP contribution in [0.15, 0.2) is 30.3 Å². The van der Waals surface area contributed by atoms with E-state index in [1.165, 1.54) is 5.56 Å². The van der Waals surface area contributed by atoms with Crippen molar-refractivity contribution in [2.75, 3.05) is 19.7 Å². The predicted octanol–water partition coefficient (Wildman–Crippen LogP) is 1.84. The van der Waals surface area contributed by atoms with Crippen LogP contribution in [0.25, 0.3) is 0 Å². The number of hydrogen-bond donors (Lipinski definition) is 1. The first-order valence-electron chi connectivity index (χ1n) is 5.81. The van der Waals surface area contributed by atoms with Crippen molar-refractivity contribution in [3.63, 3.8) is 0 Å². The van der Waals surface area contributed by atoms with Gasteiger partial charge in [0.1, 0.15) is 6.17 Å². The first kappa shape index (κ1) is 11.6. The molecule has 0 unspecified atom stereocenters. The van der Waals surface area contributed by atoms with Crippen LogP contribution in [0.5, 0.6) is 0 Å². The van der Waals surface area contributed by atoms with Gasteiger partial charge in [-0.3, -0.25) is 4.90 Å². The summed E-state index contributed by atoms with van der Waals surface area (Å²) in [4.78, 5) is 2.12. The number of benzene rings is 1. The summed E-state index contributed by atoms with van der Waals surface area (Å²) < 4.78 is 13.6. The van der Waals surface area contributed by atoms with Crippen molar-refractivity contribution in [2.45, 2.75) is 19.1 Å². The van der Waals surface area contributed by atoms with Crippen molar-refractivity contribution in [3.05, 3.63) is 35.9 Å². The third kappa shape index (κ3) is 2.80. The lowest BCUT2D eigenvalue weighted by Crippen LogP contribution is -2.42. The summed E-state index contributed by atoms with van der Waals surface area (Å²) in [5.74, 6) is -0.160. The molecule has 0 spiro atoms. The lowest BCUT2D eigenvalue weighted by atomic mass is 9.95. The molecule has 0 aliphatic carbocycles. The van der Waals surface area contributed by atoms with Crippen molar-refractivity contribution < 1.29 is 9.50 Å². The number of likely N-dealkylation sites (tertiary alicyclic amines) is 1. The third-order valence-corrected chi connectivity index (χ3v) is 3.24. The van der Waals surface area contributed by atoms with Gasteiger partial charge in [0.25, 0.3) is 0 Å². The number of aliphatic hydroxyl groups excluding tert-OH is 1. The Hall–Kier alpha value is -0.930. The van der Waals surface area contributed by atoms with Crippen LogP contribution in [0.4, 0.5) is 4.39 Å². The minimum atomic E-state index is -0.887. The highest BCUT2D eigenvalue weighted by Crippen LogP contribution is 2.21. The van der Waals surface area contributed by atoms with Crippen molar-refractivity contribution in [2.24, 2.45) is 5.92 Å². The molecule has 3 heteroatoms. The molecular weight excluding hydrogens is 205 g/mol. The van der Waals surface area contributed by atoms with Crippen molar-refractivity contribution in [3.8, 4) is 0 Å². The summed E-state index contributed by atoms with van der Waals surface area (Å²) in [5, 5.41) is 8.98.